The van der Waals surface area contributed by atoms with Gasteiger partial charge in [-0.3, -0.25) is 0 Å². The van der Waals surface area contributed by atoms with Gasteiger partial charge in [0.2, 0.25) is 0 Å². The van der Waals surface area contributed by atoms with E-state index in [1.54, 1.807) is 0 Å². The summed E-state index contributed by atoms with van der Waals surface area (Å²) in [6.45, 7) is 5.11. The van der Waals surface area contributed by atoms with Gasteiger partial charge in [-0.05, 0) is 43.2 Å². The Morgan fingerprint density at radius 2 is 2.05 bits per heavy atom. The Kier molecular flexibility index (Phi) is 3.60. The fourth-order valence-corrected chi connectivity index (χ4v) is 2.90. The number of rotatable bonds is 3. The molecule has 1 aromatic heterocycles. The molecule has 21 heavy (non-hydrogen) atoms. The first-order valence-electron chi connectivity index (χ1n) is 7.13. The second-order valence-corrected chi connectivity index (χ2v) is 5.70. The number of aryl methyl sites for hydroxylation is 2. The van der Waals surface area contributed by atoms with E-state index < -0.39 is 0 Å². The number of nitrogens with zero attached hydrogens (tertiary/aromatic N) is 2. The molecule has 108 valence electrons. The van der Waals surface area contributed by atoms with Crippen LogP contribution in [0.25, 0.3) is 22.4 Å². The molecule has 0 amide bonds. The third-order valence-electron chi connectivity index (χ3n) is 3.69. The molecule has 3 rings (SSSR count). The zero-order valence-electron chi connectivity index (χ0n) is 12.2. The number of nitrogens with two attached hydrogens (primary N) is 1. The van der Waals surface area contributed by atoms with Gasteiger partial charge >= 0.3 is 0 Å². The van der Waals surface area contributed by atoms with Crippen molar-refractivity contribution in [2.75, 3.05) is 5.73 Å². The first-order chi connectivity index (χ1) is 10.1. The van der Waals surface area contributed by atoms with Gasteiger partial charge in [-0.1, -0.05) is 30.7 Å². The van der Waals surface area contributed by atoms with Crippen LogP contribution in [0.1, 0.15) is 18.9 Å². The smallest absolute Gasteiger partial charge is 0.143 e. The summed E-state index contributed by atoms with van der Waals surface area (Å²) in [6.07, 6.45) is 1.02. The minimum Gasteiger partial charge on any atom is -0.398 e. The predicted octanol–water partition coefficient (Wildman–Crippen LogP) is 4.66. The first kappa shape index (κ1) is 14.0. The van der Waals surface area contributed by atoms with Crippen LogP contribution in [0.4, 0.5) is 5.69 Å². The number of aromatic nitrogens is 2. The summed E-state index contributed by atoms with van der Waals surface area (Å²) in [6, 6.07) is 11.8. The number of nitrogen functional groups attached to an aromatic ring is 1. The van der Waals surface area contributed by atoms with Crippen LogP contribution in [0.15, 0.2) is 36.4 Å². The molecule has 0 aliphatic heterocycles. The van der Waals surface area contributed by atoms with E-state index in [1.807, 2.05) is 30.3 Å². The maximum atomic E-state index is 6.19. The Hall–Kier alpha value is -2.00. The highest BCUT2D eigenvalue weighted by Gasteiger charge is 2.16. The number of hydrogen-bond donors (Lipinski definition) is 1. The molecule has 0 bridgehead atoms. The molecule has 3 aromatic rings. The summed E-state index contributed by atoms with van der Waals surface area (Å²) in [4.78, 5) is 4.79. The predicted molar refractivity (Wildman–Crippen MR) is 89.6 cm³/mol. The van der Waals surface area contributed by atoms with Crippen LogP contribution in [0.2, 0.25) is 5.02 Å². The molecule has 1 heterocycles. The molecule has 0 saturated heterocycles. The topological polar surface area (TPSA) is 43.8 Å². The van der Waals surface area contributed by atoms with Gasteiger partial charge in [-0.25, -0.2) is 4.98 Å². The summed E-state index contributed by atoms with van der Waals surface area (Å²) >= 11 is 6.14. The normalized spacial score (nSPS) is 11.2. The van der Waals surface area contributed by atoms with Crippen LogP contribution < -0.4 is 5.73 Å². The Bertz CT molecular complexity index is 785. The van der Waals surface area contributed by atoms with E-state index in [9.17, 15) is 0 Å². The first-order valence-corrected chi connectivity index (χ1v) is 7.51. The summed E-state index contributed by atoms with van der Waals surface area (Å²) in [7, 11) is 0. The molecular formula is C17H18ClN3. The molecule has 0 aliphatic carbocycles. The summed E-state index contributed by atoms with van der Waals surface area (Å²) in [5, 5.41) is 0.726. The maximum Gasteiger partial charge on any atom is 0.143 e. The summed E-state index contributed by atoms with van der Waals surface area (Å²) in [5.74, 6) is 0.921. The zero-order chi connectivity index (χ0) is 15.0. The molecule has 2 N–H and O–H groups in total. The van der Waals surface area contributed by atoms with E-state index in [0.29, 0.717) is 0 Å². The van der Waals surface area contributed by atoms with Crippen LogP contribution in [0.5, 0.6) is 0 Å². The molecule has 0 aliphatic rings. The van der Waals surface area contributed by atoms with E-state index in [-0.39, 0.29) is 0 Å². The fraction of sp³-hybridized carbons (Fsp3) is 0.235. The van der Waals surface area contributed by atoms with Crippen molar-refractivity contribution >= 4 is 28.3 Å². The van der Waals surface area contributed by atoms with Crippen molar-refractivity contribution in [1.82, 2.24) is 9.55 Å². The van der Waals surface area contributed by atoms with Crippen LogP contribution in [-0.2, 0) is 6.54 Å². The van der Waals surface area contributed by atoms with Gasteiger partial charge in [0.1, 0.15) is 5.82 Å². The van der Waals surface area contributed by atoms with Crippen molar-refractivity contribution in [3.63, 3.8) is 0 Å². The lowest BCUT2D eigenvalue weighted by atomic mass is 10.1. The average Bonchev–Trinajstić information content (AvgIpc) is 2.78. The van der Waals surface area contributed by atoms with Crippen LogP contribution in [-0.4, -0.2) is 9.55 Å². The monoisotopic (exact) mass is 299 g/mol. The van der Waals surface area contributed by atoms with E-state index in [0.717, 1.165) is 51.7 Å². The largest absolute Gasteiger partial charge is 0.398 e. The lowest BCUT2D eigenvalue weighted by Gasteiger charge is -2.12. The van der Waals surface area contributed by atoms with Crippen LogP contribution in [0.3, 0.4) is 0 Å². The molecule has 0 spiro atoms. The highest BCUT2D eigenvalue weighted by Crippen LogP contribution is 2.32. The molecule has 0 radical (unpaired) electrons. The van der Waals surface area contributed by atoms with E-state index in [4.69, 9.17) is 22.3 Å². The van der Waals surface area contributed by atoms with Crippen LogP contribution in [0, 0.1) is 6.92 Å². The van der Waals surface area contributed by atoms with Gasteiger partial charge in [0.25, 0.3) is 0 Å². The van der Waals surface area contributed by atoms with E-state index in [2.05, 4.69) is 24.5 Å². The van der Waals surface area contributed by atoms with Crippen molar-refractivity contribution < 1.29 is 0 Å². The third kappa shape index (κ3) is 2.38. The van der Waals surface area contributed by atoms with Gasteiger partial charge in [-0.2, -0.15) is 0 Å². The summed E-state index contributed by atoms with van der Waals surface area (Å²) < 4.78 is 2.21. The van der Waals surface area contributed by atoms with Crippen molar-refractivity contribution in [3.8, 4) is 11.4 Å². The van der Waals surface area contributed by atoms with E-state index in [1.165, 1.54) is 0 Å². The molecule has 0 atom stereocenters. The lowest BCUT2D eigenvalue weighted by molar-refractivity contribution is 0.704. The van der Waals surface area contributed by atoms with Gasteiger partial charge in [-0.15, -0.1) is 0 Å². The molecular weight excluding hydrogens is 282 g/mol. The number of benzene rings is 2. The second kappa shape index (κ2) is 5.41. The zero-order valence-corrected chi connectivity index (χ0v) is 13.0. The second-order valence-electron chi connectivity index (χ2n) is 5.26. The lowest BCUT2D eigenvalue weighted by Crippen LogP contribution is -2.03. The fourth-order valence-electron chi connectivity index (χ4n) is 2.73. The van der Waals surface area contributed by atoms with Crippen LogP contribution >= 0.6 is 11.6 Å². The van der Waals surface area contributed by atoms with Gasteiger partial charge in [0.15, 0.2) is 0 Å². The number of halogens is 1. The molecule has 3 nitrogen and oxygen atoms in total. The number of anilines is 1. The minimum atomic E-state index is 0.726. The van der Waals surface area contributed by atoms with Crippen molar-refractivity contribution in [2.24, 2.45) is 0 Å². The SMILES string of the molecule is CCCn1c(-c2c(C)cccc2N)nc2ccc(Cl)cc21. The van der Waals surface area contributed by atoms with Gasteiger partial charge < -0.3 is 10.3 Å². The Morgan fingerprint density at radius 3 is 2.76 bits per heavy atom. The molecule has 0 fully saturated rings. The van der Waals surface area contributed by atoms with Gasteiger partial charge in [0, 0.05) is 22.8 Å². The maximum absolute atomic E-state index is 6.19. The molecule has 0 saturated carbocycles. The Labute approximate surface area is 129 Å². The Morgan fingerprint density at radius 1 is 1.24 bits per heavy atom. The number of fused-ring (bicyclic) bond motifs is 1. The highest BCUT2D eigenvalue weighted by atomic mass is 35.5. The minimum absolute atomic E-state index is 0.726. The van der Waals surface area contributed by atoms with Crippen molar-refractivity contribution in [3.05, 3.63) is 47.0 Å². The van der Waals surface area contributed by atoms with Gasteiger partial charge in [0.05, 0.1) is 11.0 Å². The number of hydrogen-bond acceptors (Lipinski definition) is 2. The quantitative estimate of drug-likeness (QED) is 0.715. The standard InChI is InChI=1S/C17H18ClN3/c1-3-9-21-15-10-12(18)7-8-14(15)20-17(21)16-11(2)5-4-6-13(16)19/h4-8,10H,3,9,19H2,1-2H3. The third-order valence-corrected chi connectivity index (χ3v) is 3.92. The Balaban J connectivity index is 2.34. The average molecular weight is 300 g/mol. The number of imidazole rings is 1. The van der Waals surface area contributed by atoms with Crippen molar-refractivity contribution in [1.29, 1.82) is 0 Å². The molecule has 2 aromatic carbocycles. The van der Waals surface area contributed by atoms with E-state index >= 15 is 0 Å². The summed E-state index contributed by atoms with van der Waals surface area (Å²) in [5.41, 5.74) is 11.1. The van der Waals surface area contributed by atoms with Crippen molar-refractivity contribution in [2.45, 2.75) is 26.8 Å². The molecule has 4 heteroatoms. The molecule has 0 unspecified atom stereocenters. The highest BCUT2D eigenvalue weighted by molar-refractivity contribution is 6.31.